The SMILES string of the molecule is Cl.NC1CCN(C(=O)OC2CCCCC2)CC1. The molecule has 2 N–H and O–H groups in total. The Morgan fingerprint density at radius 3 is 2.24 bits per heavy atom. The van der Waals surface area contributed by atoms with Crippen molar-refractivity contribution in [1.82, 2.24) is 4.90 Å². The quantitative estimate of drug-likeness (QED) is 0.789. The van der Waals surface area contributed by atoms with Crippen LogP contribution in [0.2, 0.25) is 0 Å². The second kappa shape index (κ2) is 7.07. The molecule has 0 aromatic carbocycles. The zero-order valence-corrected chi connectivity index (χ0v) is 11.1. The average Bonchev–Trinajstić information content (AvgIpc) is 2.31. The summed E-state index contributed by atoms with van der Waals surface area (Å²) in [5.41, 5.74) is 5.80. The maximum atomic E-state index is 11.8. The van der Waals surface area contributed by atoms with Crippen LogP contribution in [0.15, 0.2) is 0 Å². The fourth-order valence-electron chi connectivity index (χ4n) is 2.48. The monoisotopic (exact) mass is 262 g/mol. The summed E-state index contributed by atoms with van der Waals surface area (Å²) in [6, 6.07) is 0.263. The van der Waals surface area contributed by atoms with E-state index in [1.807, 2.05) is 0 Å². The van der Waals surface area contributed by atoms with E-state index < -0.39 is 0 Å². The van der Waals surface area contributed by atoms with Gasteiger partial charge >= 0.3 is 6.09 Å². The zero-order chi connectivity index (χ0) is 11.4. The molecule has 1 saturated heterocycles. The smallest absolute Gasteiger partial charge is 0.410 e. The summed E-state index contributed by atoms with van der Waals surface area (Å²) in [5, 5.41) is 0. The van der Waals surface area contributed by atoms with Crippen molar-refractivity contribution in [2.45, 2.75) is 57.1 Å². The Bertz CT molecular complexity index is 237. The maximum Gasteiger partial charge on any atom is 0.410 e. The molecule has 0 radical (unpaired) electrons. The normalized spacial score (nSPS) is 23.0. The van der Waals surface area contributed by atoms with Gasteiger partial charge in [-0.05, 0) is 38.5 Å². The van der Waals surface area contributed by atoms with Gasteiger partial charge in [-0.2, -0.15) is 0 Å². The molecule has 1 saturated carbocycles. The minimum atomic E-state index is -0.126. The highest BCUT2D eigenvalue weighted by Gasteiger charge is 2.24. The van der Waals surface area contributed by atoms with Crippen molar-refractivity contribution < 1.29 is 9.53 Å². The standard InChI is InChI=1S/C12H22N2O2.ClH/c13-10-6-8-14(9-7-10)12(15)16-11-4-2-1-3-5-11;/h10-11H,1-9,13H2;1H. The van der Waals surface area contributed by atoms with Gasteiger partial charge in [-0.3, -0.25) is 0 Å². The fourth-order valence-corrected chi connectivity index (χ4v) is 2.48. The Morgan fingerprint density at radius 1 is 1.06 bits per heavy atom. The van der Waals surface area contributed by atoms with E-state index in [4.69, 9.17) is 10.5 Å². The molecule has 0 bridgehead atoms. The van der Waals surface area contributed by atoms with Gasteiger partial charge in [0, 0.05) is 19.1 Å². The van der Waals surface area contributed by atoms with Crippen molar-refractivity contribution in [3.8, 4) is 0 Å². The third-order valence-electron chi connectivity index (χ3n) is 3.62. The van der Waals surface area contributed by atoms with Crippen LogP contribution in [-0.2, 0) is 4.74 Å². The highest BCUT2D eigenvalue weighted by molar-refractivity contribution is 5.85. The molecule has 4 nitrogen and oxygen atoms in total. The molecular weight excluding hydrogens is 240 g/mol. The van der Waals surface area contributed by atoms with Crippen molar-refractivity contribution in [3.63, 3.8) is 0 Å². The van der Waals surface area contributed by atoms with E-state index in [-0.39, 0.29) is 30.6 Å². The van der Waals surface area contributed by atoms with Crippen LogP contribution in [0, 0.1) is 0 Å². The third-order valence-corrected chi connectivity index (χ3v) is 3.62. The number of carbonyl (C=O) groups is 1. The van der Waals surface area contributed by atoms with Crippen LogP contribution in [-0.4, -0.2) is 36.2 Å². The first-order valence-corrected chi connectivity index (χ1v) is 6.47. The van der Waals surface area contributed by atoms with Crippen molar-refractivity contribution in [2.24, 2.45) is 5.73 Å². The summed E-state index contributed by atoms with van der Waals surface area (Å²) >= 11 is 0. The number of halogens is 1. The molecule has 2 rings (SSSR count). The van der Waals surface area contributed by atoms with Crippen molar-refractivity contribution in [3.05, 3.63) is 0 Å². The van der Waals surface area contributed by atoms with Gasteiger partial charge in [0.2, 0.25) is 0 Å². The molecule has 100 valence electrons. The minimum Gasteiger partial charge on any atom is -0.446 e. The lowest BCUT2D eigenvalue weighted by Crippen LogP contribution is -2.44. The van der Waals surface area contributed by atoms with Gasteiger partial charge in [-0.25, -0.2) is 4.79 Å². The number of ether oxygens (including phenoxy) is 1. The van der Waals surface area contributed by atoms with Crippen LogP contribution in [0.4, 0.5) is 4.79 Å². The molecule has 1 heterocycles. The van der Waals surface area contributed by atoms with Crippen LogP contribution in [0.25, 0.3) is 0 Å². The van der Waals surface area contributed by atoms with E-state index in [1.54, 1.807) is 4.90 Å². The van der Waals surface area contributed by atoms with Gasteiger partial charge < -0.3 is 15.4 Å². The van der Waals surface area contributed by atoms with Crippen LogP contribution in [0.5, 0.6) is 0 Å². The van der Waals surface area contributed by atoms with Gasteiger partial charge in [0.15, 0.2) is 0 Å². The van der Waals surface area contributed by atoms with E-state index in [9.17, 15) is 4.79 Å². The summed E-state index contributed by atoms with van der Waals surface area (Å²) in [4.78, 5) is 13.6. The number of hydrogen-bond acceptors (Lipinski definition) is 3. The first kappa shape index (κ1) is 14.6. The van der Waals surface area contributed by atoms with Crippen molar-refractivity contribution in [1.29, 1.82) is 0 Å². The predicted octanol–water partition coefficient (Wildman–Crippen LogP) is 2.30. The van der Waals surface area contributed by atoms with E-state index in [0.29, 0.717) is 0 Å². The lowest BCUT2D eigenvalue weighted by Gasteiger charge is -2.31. The summed E-state index contributed by atoms with van der Waals surface area (Å²) in [6.07, 6.45) is 7.60. The Kier molecular flexibility index (Phi) is 6.06. The van der Waals surface area contributed by atoms with Crippen molar-refractivity contribution in [2.75, 3.05) is 13.1 Å². The summed E-state index contributed by atoms with van der Waals surface area (Å²) < 4.78 is 5.51. The molecule has 1 aliphatic heterocycles. The first-order valence-electron chi connectivity index (χ1n) is 6.47. The molecule has 0 unspecified atom stereocenters. The first-order chi connectivity index (χ1) is 7.75. The van der Waals surface area contributed by atoms with E-state index >= 15 is 0 Å². The number of nitrogens with two attached hydrogens (primary N) is 1. The largest absolute Gasteiger partial charge is 0.446 e. The lowest BCUT2D eigenvalue weighted by atomic mass is 9.98. The van der Waals surface area contributed by atoms with Crippen LogP contribution < -0.4 is 5.73 Å². The number of hydrogen-bond donors (Lipinski definition) is 1. The molecule has 17 heavy (non-hydrogen) atoms. The van der Waals surface area contributed by atoms with Gasteiger partial charge in [-0.15, -0.1) is 12.4 Å². The Morgan fingerprint density at radius 2 is 1.65 bits per heavy atom. The molecule has 1 aliphatic carbocycles. The molecule has 0 aromatic heterocycles. The molecule has 1 amide bonds. The van der Waals surface area contributed by atoms with Gasteiger partial charge in [0.25, 0.3) is 0 Å². The van der Waals surface area contributed by atoms with Crippen LogP contribution in [0.3, 0.4) is 0 Å². The molecule has 0 spiro atoms. The summed E-state index contributed by atoms with van der Waals surface area (Å²) in [5.74, 6) is 0. The number of rotatable bonds is 1. The number of piperidine rings is 1. The molecule has 2 aliphatic rings. The summed E-state index contributed by atoms with van der Waals surface area (Å²) in [6.45, 7) is 1.51. The third kappa shape index (κ3) is 4.36. The van der Waals surface area contributed by atoms with E-state index in [2.05, 4.69) is 0 Å². The number of nitrogens with zero attached hydrogens (tertiary/aromatic N) is 1. The van der Waals surface area contributed by atoms with E-state index in [1.165, 1.54) is 19.3 Å². The Labute approximate surface area is 109 Å². The second-order valence-electron chi connectivity index (χ2n) is 4.97. The molecule has 2 fully saturated rings. The van der Waals surface area contributed by atoms with Gasteiger partial charge in [0.05, 0.1) is 0 Å². The fraction of sp³-hybridized carbons (Fsp3) is 0.917. The highest BCUT2D eigenvalue weighted by Crippen LogP contribution is 2.21. The number of likely N-dealkylation sites (tertiary alicyclic amines) is 1. The maximum absolute atomic E-state index is 11.8. The topological polar surface area (TPSA) is 55.6 Å². The van der Waals surface area contributed by atoms with Crippen LogP contribution >= 0.6 is 12.4 Å². The Balaban J connectivity index is 0.00000144. The molecular formula is C12H23ClN2O2. The number of carbonyl (C=O) groups excluding carboxylic acids is 1. The average molecular weight is 263 g/mol. The zero-order valence-electron chi connectivity index (χ0n) is 10.3. The highest BCUT2D eigenvalue weighted by atomic mass is 35.5. The van der Waals surface area contributed by atoms with Gasteiger partial charge in [0.1, 0.15) is 6.10 Å². The predicted molar refractivity (Wildman–Crippen MR) is 69.4 cm³/mol. The van der Waals surface area contributed by atoms with Crippen molar-refractivity contribution >= 4 is 18.5 Å². The summed E-state index contributed by atoms with van der Waals surface area (Å²) in [7, 11) is 0. The lowest BCUT2D eigenvalue weighted by molar-refractivity contribution is 0.0407. The molecule has 5 heteroatoms. The van der Waals surface area contributed by atoms with Crippen LogP contribution in [0.1, 0.15) is 44.9 Å². The molecule has 0 aromatic rings. The second-order valence-corrected chi connectivity index (χ2v) is 4.97. The molecule has 0 atom stereocenters. The minimum absolute atomic E-state index is 0. The Hall–Kier alpha value is -0.480. The van der Waals surface area contributed by atoms with Gasteiger partial charge in [-0.1, -0.05) is 6.42 Å². The number of amides is 1. The van der Waals surface area contributed by atoms with E-state index in [0.717, 1.165) is 38.8 Å².